The number of hydrogen-bond acceptors (Lipinski definition) is 3. The first-order valence-corrected chi connectivity index (χ1v) is 5.44. The fraction of sp³-hybridized carbons (Fsp3) is 0.0714. The van der Waals surface area contributed by atoms with Gasteiger partial charge in [-0.3, -0.25) is 10.0 Å². The van der Waals surface area contributed by atoms with Crippen molar-refractivity contribution in [3.8, 4) is 16.9 Å². The fourth-order valence-corrected chi connectivity index (χ4v) is 1.76. The van der Waals surface area contributed by atoms with Gasteiger partial charge in [-0.15, -0.1) is 0 Å². The van der Waals surface area contributed by atoms with Crippen LogP contribution >= 0.6 is 0 Å². The molecule has 0 bridgehead atoms. The quantitative estimate of drug-likeness (QED) is 0.643. The predicted octanol–water partition coefficient (Wildman–Crippen LogP) is 2.48. The Balaban J connectivity index is 2.46. The van der Waals surface area contributed by atoms with Crippen molar-refractivity contribution in [1.29, 1.82) is 0 Å². The summed E-state index contributed by atoms with van der Waals surface area (Å²) in [5.74, 6) is 0.226. The number of benzene rings is 2. The first-order chi connectivity index (χ1) is 8.76. The minimum atomic E-state index is -0.526. The first kappa shape index (κ1) is 12.1. The molecule has 4 heteroatoms. The number of hydroxylamine groups is 1. The van der Waals surface area contributed by atoms with Crippen LogP contribution in [0.15, 0.2) is 48.5 Å². The summed E-state index contributed by atoms with van der Waals surface area (Å²) in [5.41, 5.74) is 3.71. The van der Waals surface area contributed by atoms with Gasteiger partial charge in [-0.2, -0.15) is 0 Å². The Kier molecular flexibility index (Phi) is 3.60. The highest BCUT2D eigenvalue weighted by atomic mass is 16.5. The van der Waals surface area contributed by atoms with Crippen LogP contribution in [-0.4, -0.2) is 18.2 Å². The first-order valence-electron chi connectivity index (χ1n) is 5.44. The van der Waals surface area contributed by atoms with Crippen molar-refractivity contribution in [2.24, 2.45) is 0 Å². The van der Waals surface area contributed by atoms with E-state index in [1.807, 2.05) is 36.4 Å². The third-order valence-electron chi connectivity index (χ3n) is 2.67. The molecule has 0 aliphatic heterocycles. The van der Waals surface area contributed by atoms with Crippen LogP contribution in [0.5, 0.6) is 5.75 Å². The summed E-state index contributed by atoms with van der Waals surface area (Å²) in [6, 6.07) is 14.4. The van der Waals surface area contributed by atoms with E-state index in [1.165, 1.54) is 0 Å². The lowest BCUT2D eigenvalue weighted by Crippen LogP contribution is -2.19. The average molecular weight is 243 g/mol. The Labute approximate surface area is 105 Å². The van der Waals surface area contributed by atoms with Gasteiger partial charge < -0.3 is 4.74 Å². The lowest BCUT2D eigenvalue weighted by Gasteiger charge is -2.08. The monoisotopic (exact) mass is 243 g/mol. The van der Waals surface area contributed by atoms with E-state index in [0.29, 0.717) is 5.56 Å². The van der Waals surface area contributed by atoms with Gasteiger partial charge in [0.25, 0.3) is 5.91 Å². The topological polar surface area (TPSA) is 58.6 Å². The second kappa shape index (κ2) is 5.33. The Morgan fingerprint density at radius 2 is 1.78 bits per heavy atom. The molecule has 0 aliphatic rings. The molecule has 0 radical (unpaired) electrons. The zero-order valence-corrected chi connectivity index (χ0v) is 9.88. The second-order valence-electron chi connectivity index (χ2n) is 3.72. The molecule has 0 spiro atoms. The van der Waals surface area contributed by atoms with Crippen LogP contribution in [0.3, 0.4) is 0 Å². The molecular formula is C14H13NO3. The summed E-state index contributed by atoms with van der Waals surface area (Å²) in [6.45, 7) is 0. The van der Waals surface area contributed by atoms with Gasteiger partial charge in [0.05, 0.1) is 7.11 Å². The Morgan fingerprint density at radius 1 is 1.11 bits per heavy atom. The molecule has 2 aromatic rings. The van der Waals surface area contributed by atoms with Crippen LogP contribution < -0.4 is 10.2 Å². The standard InChI is InChI=1S/C14H13NO3/c1-18-11-8-6-10(7-9-11)12-4-2-3-5-13(12)14(16)15-17/h2-9,17H,1H3,(H,15,16). The van der Waals surface area contributed by atoms with Crippen molar-refractivity contribution in [3.63, 3.8) is 0 Å². The van der Waals surface area contributed by atoms with Gasteiger partial charge in [0.2, 0.25) is 0 Å². The van der Waals surface area contributed by atoms with Crippen LogP contribution in [0.25, 0.3) is 11.1 Å². The van der Waals surface area contributed by atoms with Crippen LogP contribution in [-0.2, 0) is 0 Å². The van der Waals surface area contributed by atoms with Gasteiger partial charge >= 0.3 is 0 Å². The van der Waals surface area contributed by atoms with Crippen molar-refractivity contribution < 1.29 is 14.7 Å². The molecule has 0 aliphatic carbocycles. The summed E-state index contributed by atoms with van der Waals surface area (Å²) < 4.78 is 5.08. The Morgan fingerprint density at radius 3 is 2.39 bits per heavy atom. The maximum atomic E-state index is 11.5. The lowest BCUT2D eigenvalue weighted by atomic mass is 9.99. The second-order valence-corrected chi connectivity index (χ2v) is 3.72. The van der Waals surface area contributed by atoms with E-state index in [2.05, 4.69) is 0 Å². The number of rotatable bonds is 3. The summed E-state index contributed by atoms with van der Waals surface area (Å²) in [4.78, 5) is 11.5. The predicted molar refractivity (Wildman–Crippen MR) is 67.7 cm³/mol. The van der Waals surface area contributed by atoms with Gasteiger partial charge in [0.15, 0.2) is 0 Å². The molecule has 0 atom stereocenters. The molecule has 4 nitrogen and oxygen atoms in total. The van der Waals surface area contributed by atoms with Gasteiger partial charge in [-0.25, -0.2) is 5.48 Å². The number of amides is 1. The van der Waals surface area contributed by atoms with E-state index < -0.39 is 5.91 Å². The van der Waals surface area contributed by atoms with Crippen LogP contribution in [0, 0.1) is 0 Å². The summed E-state index contributed by atoms with van der Waals surface area (Å²) >= 11 is 0. The van der Waals surface area contributed by atoms with E-state index in [0.717, 1.165) is 16.9 Å². The smallest absolute Gasteiger partial charge is 0.275 e. The normalized spacial score (nSPS) is 9.89. The van der Waals surface area contributed by atoms with Crippen molar-refractivity contribution in [2.45, 2.75) is 0 Å². The third kappa shape index (κ3) is 2.33. The molecule has 0 unspecified atom stereocenters. The number of carbonyl (C=O) groups excluding carboxylic acids is 1. The molecule has 2 aromatic carbocycles. The van der Waals surface area contributed by atoms with Gasteiger partial charge in [-0.1, -0.05) is 30.3 Å². The SMILES string of the molecule is COc1ccc(-c2ccccc2C(=O)NO)cc1. The van der Waals surface area contributed by atoms with Crippen LogP contribution in [0.4, 0.5) is 0 Å². The molecule has 0 aromatic heterocycles. The maximum Gasteiger partial charge on any atom is 0.275 e. The Hall–Kier alpha value is -2.33. The van der Waals surface area contributed by atoms with E-state index >= 15 is 0 Å². The molecule has 2 N–H and O–H groups in total. The average Bonchev–Trinajstić information content (AvgIpc) is 2.46. The minimum Gasteiger partial charge on any atom is -0.497 e. The zero-order chi connectivity index (χ0) is 13.0. The molecule has 2 rings (SSSR count). The van der Waals surface area contributed by atoms with Crippen molar-refractivity contribution in [3.05, 3.63) is 54.1 Å². The number of nitrogens with one attached hydrogen (secondary N) is 1. The van der Waals surface area contributed by atoms with E-state index in [-0.39, 0.29) is 0 Å². The Bertz CT molecular complexity index is 549. The highest BCUT2D eigenvalue weighted by Gasteiger charge is 2.11. The number of hydrogen-bond donors (Lipinski definition) is 2. The molecule has 0 saturated heterocycles. The van der Waals surface area contributed by atoms with Gasteiger partial charge in [-0.05, 0) is 29.3 Å². The van der Waals surface area contributed by atoms with Crippen molar-refractivity contribution in [1.82, 2.24) is 5.48 Å². The number of methoxy groups -OCH3 is 1. The summed E-state index contributed by atoms with van der Waals surface area (Å²) in [6.07, 6.45) is 0. The summed E-state index contributed by atoms with van der Waals surface area (Å²) in [5, 5.41) is 8.72. The van der Waals surface area contributed by atoms with Crippen molar-refractivity contribution >= 4 is 5.91 Å². The molecule has 18 heavy (non-hydrogen) atoms. The number of carbonyl (C=O) groups is 1. The van der Waals surface area contributed by atoms with Crippen molar-refractivity contribution in [2.75, 3.05) is 7.11 Å². The van der Waals surface area contributed by atoms with Gasteiger partial charge in [0.1, 0.15) is 5.75 Å². The lowest BCUT2D eigenvalue weighted by molar-refractivity contribution is 0.0707. The van der Waals surface area contributed by atoms with E-state index in [1.54, 1.807) is 24.7 Å². The molecule has 0 heterocycles. The molecule has 92 valence electrons. The van der Waals surface area contributed by atoms with E-state index in [4.69, 9.17) is 9.94 Å². The minimum absolute atomic E-state index is 0.421. The molecule has 0 saturated carbocycles. The highest BCUT2D eigenvalue weighted by Crippen LogP contribution is 2.25. The zero-order valence-electron chi connectivity index (χ0n) is 9.88. The maximum absolute atomic E-state index is 11.5. The third-order valence-corrected chi connectivity index (χ3v) is 2.67. The molecule has 1 amide bonds. The number of ether oxygens (including phenoxy) is 1. The van der Waals surface area contributed by atoms with Gasteiger partial charge in [0, 0.05) is 5.56 Å². The van der Waals surface area contributed by atoms with Crippen LogP contribution in [0.2, 0.25) is 0 Å². The van der Waals surface area contributed by atoms with Crippen LogP contribution in [0.1, 0.15) is 10.4 Å². The molecular weight excluding hydrogens is 230 g/mol. The van der Waals surface area contributed by atoms with E-state index in [9.17, 15) is 4.79 Å². The summed E-state index contributed by atoms with van der Waals surface area (Å²) in [7, 11) is 1.60. The highest BCUT2D eigenvalue weighted by molar-refractivity contribution is 6.00. The largest absolute Gasteiger partial charge is 0.497 e. The fourth-order valence-electron chi connectivity index (χ4n) is 1.76. The molecule has 0 fully saturated rings.